The number of hydrogen-bond acceptors (Lipinski definition) is 3. The number of hydrogen-bond donors (Lipinski definition) is 0. The summed E-state index contributed by atoms with van der Waals surface area (Å²) in [5, 5.41) is 0.794. The normalized spacial score (nSPS) is 11.4. The fraction of sp³-hybridized carbons (Fsp3) is 0.0526. The SMILES string of the molecule is ClC(Cl)c1nc(Br)c2c(-c3ccccc3)c(-c3ccccc3)oc2n1. The number of halogens is 3. The molecule has 2 heterocycles. The average Bonchev–Trinajstić information content (AvgIpc) is 3.03. The summed E-state index contributed by atoms with van der Waals surface area (Å²) in [5.74, 6) is 1.03. The highest BCUT2D eigenvalue weighted by Gasteiger charge is 2.23. The topological polar surface area (TPSA) is 38.9 Å². The highest BCUT2D eigenvalue weighted by molar-refractivity contribution is 9.10. The number of aromatic nitrogens is 2. The minimum Gasteiger partial charge on any atom is -0.437 e. The summed E-state index contributed by atoms with van der Waals surface area (Å²) in [4.78, 5) is 7.94. The van der Waals surface area contributed by atoms with E-state index in [1.807, 2.05) is 60.7 Å². The lowest BCUT2D eigenvalue weighted by Gasteiger charge is -2.05. The van der Waals surface area contributed by atoms with Crippen LogP contribution in [0.5, 0.6) is 0 Å². The third-order valence-corrected chi connectivity index (χ3v) is 4.78. The molecular formula is C19H11BrCl2N2O. The highest BCUT2D eigenvalue weighted by Crippen LogP contribution is 2.43. The smallest absolute Gasteiger partial charge is 0.231 e. The average molecular weight is 434 g/mol. The molecule has 0 fully saturated rings. The van der Waals surface area contributed by atoms with E-state index in [-0.39, 0.29) is 0 Å². The Morgan fingerprint density at radius 1 is 0.840 bits per heavy atom. The molecule has 0 N–H and O–H groups in total. The molecule has 6 heteroatoms. The van der Waals surface area contributed by atoms with Gasteiger partial charge in [0, 0.05) is 11.1 Å². The molecule has 0 bridgehead atoms. The molecule has 0 aliphatic carbocycles. The maximum Gasteiger partial charge on any atom is 0.231 e. The zero-order valence-electron chi connectivity index (χ0n) is 12.8. The second-order valence-electron chi connectivity index (χ2n) is 5.39. The van der Waals surface area contributed by atoms with E-state index in [2.05, 4.69) is 25.9 Å². The van der Waals surface area contributed by atoms with E-state index in [1.54, 1.807) is 0 Å². The van der Waals surface area contributed by atoms with Crippen LogP contribution >= 0.6 is 39.1 Å². The van der Waals surface area contributed by atoms with Crippen molar-refractivity contribution in [2.75, 3.05) is 0 Å². The molecule has 2 aromatic carbocycles. The Bertz CT molecular complexity index is 1030. The fourth-order valence-corrected chi connectivity index (χ4v) is 3.49. The van der Waals surface area contributed by atoms with Crippen LogP contribution in [0.25, 0.3) is 33.6 Å². The van der Waals surface area contributed by atoms with Crippen molar-refractivity contribution in [1.29, 1.82) is 0 Å². The van der Waals surface area contributed by atoms with Gasteiger partial charge >= 0.3 is 0 Å². The lowest BCUT2D eigenvalue weighted by molar-refractivity contribution is 0.615. The van der Waals surface area contributed by atoms with Gasteiger partial charge in [0.25, 0.3) is 0 Å². The Morgan fingerprint density at radius 2 is 1.44 bits per heavy atom. The molecule has 0 unspecified atom stereocenters. The highest BCUT2D eigenvalue weighted by atomic mass is 79.9. The number of rotatable bonds is 3. The van der Waals surface area contributed by atoms with Gasteiger partial charge in [0.1, 0.15) is 10.4 Å². The Hall–Kier alpha value is -1.88. The molecule has 0 radical (unpaired) electrons. The maximum absolute atomic E-state index is 6.11. The van der Waals surface area contributed by atoms with Crippen LogP contribution in [-0.4, -0.2) is 9.97 Å². The fourth-order valence-electron chi connectivity index (χ4n) is 2.75. The lowest BCUT2D eigenvalue weighted by atomic mass is 10.00. The van der Waals surface area contributed by atoms with Crippen molar-refractivity contribution in [2.24, 2.45) is 0 Å². The van der Waals surface area contributed by atoms with Crippen LogP contribution in [-0.2, 0) is 0 Å². The van der Waals surface area contributed by atoms with Gasteiger partial charge in [0.2, 0.25) is 5.71 Å². The first-order valence-electron chi connectivity index (χ1n) is 7.54. The van der Waals surface area contributed by atoms with Gasteiger partial charge in [-0.3, -0.25) is 0 Å². The van der Waals surface area contributed by atoms with Gasteiger partial charge in [0.15, 0.2) is 10.7 Å². The van der Waals surface area contributed by atoms with Gasteiger partial charge in [-0.15, -0.1) is 0 Å². The van der Waals surface area contributed by atoms with E-state index in [0.29, 0.717) is 16.1 Å². The first kappa shape index (κ1) is 16.6. The summed E-state index contributed by atoms with van der Waals surface area (Å²) in [5.41, 5.74) is 3.35. The molecule has 0 spiro atoms. The third kappa shape index (κ3) is 3.06. The van der Waals surface area contributed by atoms with E-state index in [0.717, 1.165) is 27.8 Å². The second kappa shape index (κ2) is 6.79. The van der Waals surface area contributed by atoms with Crippen molar-refractivity contribution >= 4 is 50.2 Å². The molecular weight excluding hydrogens is 423 g/mol. The van der Waals surface area contributed by atoms with E-state index in [9.17, 15) is 0 Å². The minimum atomic E-state index is -0.828. The lowest BCUT2D eigenvalue weighted by Crippen LogP contribution is -1.94. The molecule has 0 amide bonds. The van der Waals surface area contributed by atoms with Crippen LogP contribution in [0.15, 0.2) is 69.7 Å². The number of alkyl halides is 2. The first-order chi connectivity index (χ1) is 12.1. The molecule has 2 aromatic heterocycles. The molecule has 4 aromatic rings. The number of benzene rings is 2. The first-order valence-corrected chi connectivity index (χ1v) is 9.20. The van der Waals surface area contributed by atoms with Crippen molar-refractivity contribution in [1.82, 2.24) is 9.97 Å². The van der Waals surface area contributed by atoms with Crippen LogP contribution < -0.4 is 0 Å². The molecule has 0 saturated heterocycles. The van der Waals surface area contributed by atoms with E-state index < -0.39 is 4.84 Å². The largest absolute Gasteiger partial charge is 0.437 e. The predicted molar refractivity (Wildman–Crippen MR) is 105 cm³/mol. The van der Waals surface area contributed by atoms with E-state index in [1.165, 1.54) is 0 Å². The van der Waals surface area contributed by atoms with Crippen LogP contribution in [0.1, 0.15) is 10.7 Å². The Labute approximate surface area is 162 Å². The monoisotopic (exact) mass is 432 g/mol. The molecule has 3 nitrogen and oxygen atoms in total. The summed E-state index contributed by atoms with van der Waals surface area (Å²) in [6.07, 6.45) is 0. The van der Waals surface area contributed by atoms with Crippen molar-refractivity contribution in [3.8, 4) is 22.5 Å². The number of furan rings is 1. The van der Waals surface area contributed by atoms with Crippen LogP contribution in [0.4, 0.5) is 0 Å². The number of fused-ring (bicyclic) bond motifs is 1. The van der Waals surface area contributed by atoms with Gasteiger partial charge in [-0.05, 0) is 21.5 Å². The van der Waals surface area contributed by atoms with Gasteiger partial charge < -0.3 is 4.42 Å². The van der Waals surface area contributed by atoms with E-state index >= 15 is 0 Å². The van der Waals surface area contributed by atoms with Crippen molar-refractivity contribution in [2.45, 2.75) is 4.84 Å². The van der Waals surface area contributed by atoms with Gasteiger partial charge in [-0.2, -0.15) is 4.98 Å². The molecule has 4 rings (SSSR count). The Morgan fingerprint density at radius 3 is 2.04 bits per heavy atom. The molecule has 0 atom stereocenters. The molecule has 0 saturated carbocycles. The molecule has 25 heavy (non-hydrogen) atoms. The van der Waals surface area contributed by atoms with Crippen LogP contribution in [0.3, 0.4) is 0 Å². The summed E-state index contributed by atoms with van der Waals surface area (Å²) in [6, 6.07) is 19.9. The van der Waals surface area contributed by atoms with Crippen LogP contribution in [0.2, 0.25) is 0 Å². The summed E-state index contributed by atoms with van der Waals surface area (Å²) >= 11 is 15.4. The zero-order chi connectivity index (χ0) is 17.4. The molecule has 124 valence electrons. The third-order valence-electron chi connectivity index (χ3n) is 3.82. The zero-order valence-corrected chi connectivity index (χ0v) is 15.9. The number of nitrogens with zero attached hydrogens (tertiary/aromatic N) is 2. The maximum atomic E-state index is 6.11. The standard InChI is InChI=1S/C19H11BrCl2N2O/c20-16-14-13(11-7-3-1-4-8-11)15(12-9-5-2-6-10-12)25-19(14)24-18(23-16)17(21)22/h1-10,17H. The van der Waals surface area contributed by atoms with Gasteiger partial charge in [-0.25, -0.2) is 4.98 Å². The van der Waals surface area contributed by atoms with E-state index in [4.69, 9.17) is 27.6 Å². The summed E-state index contributed by atoms with van der Waals surface area (Å²) < 4.78 is 6.71. The Kier molecular flexibility index (Phi) is 4.50. The van der Waals surface area contributed by atoms with Gasteiger partial charge in [-0.1, -0.05) is 83.9 Å². The van der Waals surface area contributed by atoms with Crippen molar-refractivity contribution < 1.29 is 4.42 Å². The predicted octanol–water partition coefficient (Wildman–Crippen LogP) is 6.80. The Balaban J connectivity index is 2.08. The second-order valence-corrected chi connectivity index (χ2v) is 7.24. The molecule has 0 aliphatic heterocycles. The van der Waals surface area contributed by atoms with Crippen LogP contribution in [0, 0.1) is 0 Å². The van der Waals surface area contributed by atoms with Crippen molar-refractivity contribution in [3.05, 3.63) is 71.1 Å². The quantitative estimate of drug-likeness (QED) is 0.263. The van der Waals surface area contributed by atoms with Crippen molar-refractivity contribution in [3.63, 3.8) is 0 Å². The summed E-state index contributed by atoms with van der Waals surface area (Å²) in [7, 11) is 0. The minimum absolute atomic E-state index is 0.302. The molecule has 0 aliphatic rings. The summed E-state index contributed by atoms with van der Waals surface area (Å²) in [6.45, 7) is 0. The van der Waals surface area contributed by atoms with Gasteiger partial charge in [0.05, 0.1) is 5.39 Å².